The van der Waals surface area contributed by atoms with Crippen molar-refractivity contribution in [3.8, 4) is 22.9 Å². The van der Waals surface area contributed by atoms with Crippen LogP contribution in [0.2, 0.25) is 0 Å². The third-order valence-corrected chi connectivity index (χ3v) is 6.26. The van der Waals surface area contributed by atoms with Gasteiger partial charge in [-0.1, -0.05) is 19.1 Å². The van der Waals surface area contributed by atoms with Crippen LogP contribution < -0.4 is 10.6 Å². The van der Waals surface area contributed by atoms with E-state index in [1.165, 1.54) is 12.1 Å². The van der Waals surface area contributed by atoms with E-state index in [2.05, 4.69) is 27.8 Å². The lowest BCUT2D eigenvalue weighted by Gasteiger charge is -2.17. The van der Waals surface area contributed by atoms with Gasteiger partial charge >= 0.3 is 5.97 Å². The van der Waals surface area contributed by atoms with Crippen molar-refractivity contribution < 1.29 is 23.1 Å². The zero-order chi connectivity index (χ0) is 27.6. The second-order valence-corrected chi connectivity index (χ2v) is 8.92. The summed E-state index contributed by atoms with van der Waals surface area (Å²) in [6.07, 6.45) is 1.07. The highest BCUT2D eigenvalue weighted by Gasteiger charge is 2.13. The van der Waals surface area contributed by atoms with Crippen LogP contribution in [0.1, 0.15) is 48.5 Å². The molecule has 39 heavy (non-hydrogen) atoms. The van der Waals surface area contributed by atoms with Gasteiger partial charge in [-0.15, -0.1) is 10.2 Å². The minimum absolute atomic E-state index is 0.147. The second kappa shape index (κ2) is 13.3. The second-order valence-electron chi connectivity index (χ2n) is 8.92. The molecule has 0 bridgehead atoms. The van der Waals surface area contributed by atoms with Gasteiger partial charge in [0.05, 0.1) is 13.0 Å². The zero-order valence-corrected chi connectivity index (χ0v) is 21.9. The number of nitrogens with zero attached hydrogens (tertiary/aromatic N) is 2. The fourth-order valence-corrected chi connectivity index (χ4v) is 4.04. The van der Waals surface area contributed by atoms with E-state index in [1.54, 1.807) is 31.2 Å². The average Bonchev–Trinajstić information content (AvgIpc) is 3.45. The predicted molar refractivity (Wildman–Crippen MR) is 147 cm³/mol. The molecule has 1 atom stereocenters. The Kier molecular flexibility index (Phi) is 9.39. The van der Waals surface area contributed by atoms with E-state index in [1.807, 2.05) is 36.4 Å². The molecule has 0 aliphatic carbocycles. The monoisotopic (exact) mass is 530 g/mol. The number of hydrogen-bond donors (Lipinski definition) is 2. The minimum Gasteiger partial charge on any atom is -0.466 e. The summed E-state index contributed by atoms with van der Waals surface area (Å²) < 4.78 is 23.8. The summed E-state index contributed by atoms with van der Waals surface area (Å²) in [5.74, 6) is 0.0980. The van der Waals surface area contributed by atoms with Gasteiger partial charge in [-0.05, 0) is 79.6 Å². The number of nitrogens with one attached hydrogen (secondary N) is 2. The number of halogens is 1. The molecule has 1 unspecified atom stereocenters. The van der Waals surface area contributed by atoms with Gasteiger partial charge in [-0.3, -0.25) is 9.59 Å². The molecule has 4 aromatic rings. The molecule has 3 aromatic carbocycles. The van der Waals surface area contributed by atoms with E-state index < -0.39 is 0 Å². The Morgan fingerprint density at radius 2 is 1.51 bits per heavy atom. The lowest BCUT2D eigenvalue weighted by atomic mass is 9.95. The highest BCUT2D eigenvalue weighted by molar-refractivity contribution is 5.94. The summed E-state index contributed by atoms with van der Waals surface area (Å²) in [4.78, 5) is 23.8. The fraction of sp³-hybridized carbons (Fsp3) is 0.267. The van der Waals surface area contributed by atoms with Crippen molar-refractivity contribution in [1.29, 1.82) is 0 Å². The molecule has 2 N–H and O–H groups in total. The summed E-state index contributed by atoms with van der Waals surface area (Å²) in [6.45, 7) is 5.16. The number of aromatic nitrogens is 2. The van der Waals surface area contributed by atoms with Crippen LogP contribution in [0.4, 0.5) is 10.1 Å². The first kappa shape index (κ1) is 27.5. The predicted octanol–water partition coefficient (Wildman–Crippen LogP) is 5.83. The molecule has 0 fully saturated rings. The third-order valence-electron chi connectivity index (χ3n) is 6.26. The Morgan fingerprint density at radius 1 is 0.897 bits per heavy atom. The molecule has 0 saturated heterocycles. The normalized spacial score (nSPS) is 11.6. The molecule has 1 aromatic heterocycles. The van der Waals surface area contributed by atoms with Crippen molar-refractivity contribution >= 4 is 17.6 Å². The molecule has 1 heterocycles. The minimum atomic E-state index is -0.327. The highest BCUT2D eigenvalue weighted by Crippen LogP contribution is 2.26. The Hall–Kier alpha value is -4.53. The van der Waals surface area contributed by atoms with E-state index in [-0.39, 0.29) is 36.6 Å². The first-order valence-electron chi connectivity index (χ1n) is 12.9. The van der Waals surface area contributed by atoms with Crippen molar-refractivity contribution in [2.75, 3.05) is 25.0 Å². The van der Waals surface area contributed by atoms with Crippen LogP contribution in [-0.4, -0.2) is 41.8 Å². The van der Waals surface area contributed by atoms with Gasteiger partial charge in [-0.2, -0.15) is 0 Å². The third kappa shape index (κ3) is 7.50. The fourth-order valence-electron chi connectivity index (χ4n) is 4.04. The number of esters is 1. The van der Waals surface area contributed by atoms with E-state index in [0.717, 1.165) is 29.8 Å². The zero-order valence-electron chi connectivity index (χ0n) is 21.9. The highest BCUT2D eigenvalue weighted by atomic mass is 19.1. The Labute approximate surface area is 226 Å². The molecule has 4 rings (SSSR count). The maximum atomic E-state index is 13.2. The number of carbonyl (C=O) groups excluding carboxylic acids is 2. The first-order valence-corrected chi connectivity index (χ1v) is 12.9. The molecule has 202 valence electrons. The molecule has 0 aliphatic rings. The Balaban J connectivity index is 1.30. The van der Waals surface area contributed by atoms with Gasteiger partial charge in [-0.25, -0.2) is 4.39 Å². The molecule has 8 nitrogen and oxygen atoms in total. The van der Waals surface area contributed by atoms with Crippen molar-refractivity contribution in [3.05, 3.63) is 89.7 Å². The standard InChI is InChI=1S/C30H31FN4O4/c1-3-20(21-5-7-22(8-6-21)28(37)32-18-17-27(36)38-4-2)19-33-26-15-11-24(12-16-26)30-35-34-29(39-30)23-9-13-25(31)14-10-23/h5-16,20,33H,3-4,17-19H2,1-2H3,(H,32,37). The Morgan fingerprint density at radius 3 is 2.10 bits per heavy atom. The summed E-state index contributed by atoms with van der Waals surface area (Å²) in [5, 5.41) is 14.4. The lowest BCUT2D eigenvalue weighted by molar-refractivity contribution is -0.142. The summed E-state index contributed by atoms with van der Waals surface area (Å²) in [6, 6.07) is 21.1. The SMILES string of the molecule is CCOC(=O)CCNC(=O)c1ccc(C(CC)CNc2ccc(-c3nnc(-c4ccc(F)cc4)o3)cc2)cc1. The number of hydrogen-bond acceptors (Lipinski definition) is 7. The van der Waals surface area contributed by atoms with Crippen LogP contribution in [0.25, 0.3) is 22.9 Å². The summed E-state index contributed by atoms with van der Waals surface area (Å²) in [5.41, 5.74) is 4.06. The van der Waals surface area contributed by atoms with Gasteiger partial charge in [0, 0.05) is 41.4 Å². The topological polar surface area (TPSA) is 106 Å². The van der Waals surface area contributed by atoms with E-state index >= 15 is 0 Å². The number of amides is 1. The average molecular weight is 531 g/mol. The molecule has 0 aliphatic heterocycles. The van der Waals surface area contributed by atoms with Gasteiger partial charge in [0.15, 0.2) is 0 Å². The van der Waals surface area contributed by atoms with Gasteiger partial charge < -0.3 is 19.8 Å². The van der Waals surface area contributed by atoms with E-state index in [9.17, 15) is 14.0 Å². The molecule has 0 saturated carbocycles. The van der Waals surface area contributed by atoms with Crippen LogP contribution in [0.15, 0.2) is 77.2 Å². The van der Waals surface area contributed by atoms with Crippen molar-refractivity contribution in [2.45, 2.75) is 32.6 Å². The molecule has 0 spiro atoms. The summed E-state index contributed by atoms with van der Waals surface area (Å²) >= 11 is 0. The Bertz CT molecular complexity index is 1370. The van der Waals surface area contributed by atoms with E-state index in [4.69, 9.17) is 9.15 Å². The van der Waals surface area contributed by atoms with Crippen LogP contribution in [-0.2, 0) is 9.53 Å². The van der Waals surface area contributed by atoms with Crippen LogP contribution in [0, 0.1) is 5.82 Å². The smallest absolute Gasteiger partial charge is 0.307 e. The number of anilines is 1. The summed E-state index contributed by atoms with van der Waals surface area (Å²) in [7, 11) is 0. The van der Waals surface area contributed by atoms with Crippen LogP contribution in [0.5, 0.6) is 0 Å². The number of carbonyl (C=O) groups is 2. The van der Waals surface area contributed by atoms with Crippen LogP contribution in [0.3, 0.4) is 0 Å². The first-order chi connectivity index (χ1) is 19.0. The van der Waals surface area contributed by atoms with Gasteiger partial charge in [0.2, 0.25) is 11.8 Å². The molecular weight excluding hydrogens is 499 g/mol. The van der Waals surface area contributed by atoms with Gasteiger partial charge in [0.25, 0.3) is 5.91 Å². The van der Waals surface area contributed by atoms with E-state index in [0.29, 0.717) is 29.5 Å². The van der Waals surface area contributed by atoms with Crippen molar-refractivity contribution in [2.24, 2.45) is 0 Å². The molecule has 0 radical (unpaired) electrons. The molecule has 9 heteroatoms. The number of benzene rings is 3. The van der Waals surface area contributed by atoms with Crippen molar-refractivity contribution in [1.82, 2.24) is 15.5 Å². The molecular formula is C30H31FN4O4. The van der Waals surface area contributed by atoms with Gasteiger partial charge in [0.1, 0.15) is 5.82 Å². The largest absolute Gasteiger partial charge is 0.466 e. The van der Waals surface area contributed by atoms with Crippen LogP contribution >= 0.6 is 0 Å². The van der Waals surface area contributed by atoms with Crippen molar-refractivity contribution in [3.63, 3.8) is 0 Å². The quantitative estimate of drug-likeness (QED) is 0.222. The maximum absolute atomic E-state index is 13.2. The maximum Gasteiger partial charge on any atom is 0.307 e. The lowest BCUT2D eigenvalue weighted by Crippen LogP contribution is -2.26. The number of rotatable bonds is 12. The molecule has 1 amide bonds. The number of ether oxygens (including phenoxy) is 1.